The van der Waals surface area contributed by atoms with E-state index in [9.17, 15) is 9.59 Å². The number of carbonyl (C=O) groups excluding carboxylic acids is 2. The van der Waals surface area contributed by atoms with Crippen molar-refractivity contribution in [3.05, 3.63) is 83.3 Å². The number of hydrogen-bond donors (Lipinski definition) is 1. The lowest BCUT2D eigenvalue weighted by atomic mass is 10.1. The predicted molar refractivity (Wildman–Crippen MR) is 113 cm³/mol. The lowest BCUT2D eigenvalue weighted by molar-refractivity contribution is -0.116. The monoisotopic (exact) mass is 388 g/mol. The Bertz CT molecular complexity index is 1010. The Morgan fingerprint density at radius 2 is 1.93 bits per heavy atom. The van der Waals surface area contributed by atoms with Gasteiger partial charge in [0.15, 0.2) is 5.76 Å². The smallest absolute Gasteiger partial charge is 0.293 e. The standard InChI is InChI=1S/C24H24N2O3/c1-17-7-9-18(10-8-17)4-2-6-23(27)25-20-12-11-19-13-14-26(21(19)16-20)24(28)22-5-3-15-29-22/h3,5,7-12,15-16H,2,4,6,13-14H2,1H3,(H,25,27). The fourth-order valence-electron chi connectivity index (χ4n) is 3.63. The molecule has 29 heavy (non-hydrogen) atoms. The highest BCUT2D eigenvalue weighted by molar-refractivity contribution is 6.06. The zero-order chi connectivity index (χ0) is 20.2. The Kier molecular flexibility index (Phi) is 5.47. The lowest BCUT2D eigenvalue weighted by Gasteiger charge is -2.17. The molecule has 0 bridgehead atoms. The highest BCUT2D eigenvalue weighted by Crippen LogP contribution is 2.32. The Hall–Kier alpha value is -3.34. The summed E-state index contributed by atoms with van der Waals surface area (Å²) in [5.41, 5.74) is 5.13. The van der Waals surface area contributed by atoms with E-state index in [0.717, 1.165) is 30.5 Å². The molecular formula is C24H24N2O3. The molecule has 4 rings (SSSR count). The van der Waals surface area contributed by atoms with E-state index in [2.05, 4.69) is 36.5 Å². The third-order valence-corrected chi connectivity index (χ3v) is 5.23. The molecule has 0 saturated heterocycles. The van der Waals surface area contributed by atoms with E-state index in [1.165, 1.54) is 17.4 Å². The summed E-state index contributed by atoms with van der Waals surface area (Å²) >= 11 is 0. The number of carbonyl (C=O) groups is 2. The molecule has 3 aromatic rings. The Labute approximate surface area is 170 Å². The number of anilines is 2. The van der Waals surface area contributed by atoms with Crippen LogP contribution in [0.3, 0.4) is 0 Å². The number of amides is 2. The Morgan fingerprint density at radius 3 is 2.69 bits per heavy atom. The van der Waals surface area contributed by atoms with Gasteiger partial charge in [-0.3, -0.25) is 9.59 Å². The summed E-state index contributed by atoms with van der Waals surface area (Å²) in [5, 5.41) is 2.96. The summed E-state index contributed by atoms with van der Waals surface area (Å²) in [6.45, 7) is 2.68. The third-order valence-electron chi connectivity index (χ3n) is 5.23. The first-order chi connectivity index (χ1) is 14.1. The molecule has 1 aromatic heterocycles. The lowest BCUT2D eigenvalue weighted by Crippen LogP contribution is -2.28. The van der Waals surface area contributed by atoms with Gasteiger partial charge in [-0.2, -0.15) is 0 Å². The van der Waals surface area contributed by atoms with Crippen LogP contribution in [-0.4, -0.2) is 18.4 Å². The third kappa shape index (κ3) is 4.40. The first-order valence-corrected chi connectivity index (χ1v) is 9.94. The van der Waals surface area contributed by atoms with Gasteiger partial charge in [0.25, 0.3) is 5.91 Å². The van der Waals surface area contributed by atoms with E-state index >= 15 is 0 Å². The van der Waals surface area contributed by atoms with E-state index < -0.39 is 0 Å². The molecule has 1 aliphatic rings. The van der Waals surface area contributed by atoms with E-state index in [1.54, 1.807) is 17.0 Å². The quantitative estimate of drug-likeness (QED) is 0.663. The first-order valence-electron chi connectivity index (χ1n) is 9.94. The molecule has 0 atom stereocenters. The van der Waals surface area contributed by atoms with Crippen molar-refractivity contribution in [3.63, 3.8) is 0 Å². The second-order valence-corrected chi connectivity index (χ2v) is 7.41. The summed E-state index contributed by atoms with van der Waals surface area (Å²) in [7, 11) is 0. The molecule has 5 nitrogen and oxygen atoms in total. The molecule has 1 aliphatic heterocycles. The zero-order valence-electron chi connectivity index (χ0n) is 16.5. The molecule has 5 heteroatoms. The average molecular weight is 388 g/mol. The zero-order valence-corrected chi connectivity index (χ0v) is 16.5. The Balaban J connectivity index is 1.36. The van der Waals surface area contributed by atoms with E-state index in [1.807, 2.05) is 18.2 Å². The highest BCUT2D eigenvalue weighted by atomic mass is 16.3. The van der Waals surface area contributed by atoms with Gasteiger partial charge in [-0.1, -0.05) is 35.9 Å². The number of benzene rings is 2. The maximum atomic E-state index is 12.6. The molecule has 0 spiro atoms. The fraction of sp³-hybridized carbons (Fsp3) is 0.250. The number of furan rings is 1. The molecule has 0 unspecified atom stereocenters. The van der Waals surface area contributed by atoms with Crippen molar-refractivity contribution in [2.45, 2.75) is 32.6 Å². The van der Waals surface area contributed by atoms with E-state index in [4.69, 9.17) is 4.42 Å². The largest absolute Gasteiger partial charge is 0.459 e. The van der Waals surface area contributed by atoms with Crippen molar-refractivity contribution in [1.29, 1.82) is 0 Å². The second-order valence-electron chi connectivity index (χ2n) is 7.41. The van der Waals surface area contributed by atoms with Crippen molar-refractivity contribution in [3.8, 4) is 0 Å². The maximum absolute atomic E-state index is 12.6. The number of rotatable bonds is 6. The minimum atomic E-state index is -0.157. The molecular weight excluding hydrogens is 364 g/mol. The van der Waals surface area contributed by atoms with Crippen LogP contribution in [0.15, 0.2) is 65.3 Å². The summed E-state index contributed by atoms with van der Waals surface area (Å²) in [5.74, 6) is 0.151. The maximum Gasteiger partial charge on any atom is 0.293 e. The molecule has 148 valence electrons. The first kappa shape index (κ1) is 19.0. The van der Waals surface area contributed by atoms with Gasteiger partial charge in [-0.05, 0) is 61.6 Å². The number of aryl methyl sites for hydroxylation is 2. The fourth-order valence-corrected chi connectivity index (χ4v) is 3.63. The van der Waals surface area contributed by atoms with Crippen LogP contribution in [-0.2, 0) is 17.6 Å². The van der Waals surface area contributed by atoms with Crippen LogP contribution in [0.1, 0.15) is 40.1 Å². The summed E-state index contributed by atoms with van der Waals surface area (Å²) in [6.07, 6.45) is 4.43. The van der Waals surface area contributed by atoms with Crippen LogP contribution in [0, 0.1) is 6.92 Å². The summed E-state index contributed by atoms with van der Waals surface area (Å²) in [6, 6.07) is 17.5. The molecule has 2 aromatic carbocycles. The normalized spacial score (nSPS) is 12.7. The van der Waals surface area contributed by atoms with Crippen LogP contribution >= 0.6 is 0 Å². The summed E-state index contributed by atoms with van der Waals surface area (Å²) < 4.78 is 5.24. The van der Waals surface area contributed by atoms with Crippen LogP contribution in [0.2, 0.25) is 0 Å². The molecule has 2 amide bonds. The van der Waals surface area contributed by atoms with Gasteiger partial charge in [-0.15, -0.1) is 0 Å². The number of fused-ring (bicyclic) bond motifs is 1. The van der Waals surface area contributed by atoms with Gasteiger partial charge in [0.2, 0.25) is 5.91 Å². The SMILES string of the molecule is Cc1ccc(CCCC(=O)Nc2ccc3c(c2)N(C(=O)c2ccco2)CC3)cc1. The van der Waals surface area contributed by atoms with Gasteiger partial charge in [0.1, 0.15) is 0 Å². The number of hydrogen-bond acceptors (Lipinski definition) is 3. The van der Waals surface area contributed by atoms with Crippen molar-refractivity contribution >= 4 is 23.2 Å². The number of nitrogens with one attached hydrogen (secondary N) is 1. The van der Waals surface area contributed by atoms with Crippen molar-refractivity contribution < 1.29 is 14.0 Å². The topological polar surface area (TPSA) is 62.6 Å². The molecule has 0 radical (unpaired) electrons. The van der Waals surface area contributed by atoms with E-state index in [0.29, 0.717) is 24.4 Å². The molecule has 0 fully saturated rings. The predicted octanol–water partition coefficient (Wildman–Crippen LogP) is 4.75. The highest BCUT2D eigenvalue weighted by Gasteiger charge is 2.27. The molecule has 0 saturated carbocycles. The van der Waals surface area contributed by atoms with Crippen LogP contribution in [0.4, 0.5) is 11.4 Å². The minimum Gasteiger partial charge on any atom is -0.459 e. The molecule has 0 aliphatic carbocycles. The molecule has 1 N–H and O–H groups in total. The van der Waals surface area contributed by atoms with E-state index in [-0.39, 0.29) is 11.8 Å². The van der Waals surface area contributed by atoms with Crippen molar-refractivity contribution in [2.75, 3.05) is 16.8 Å². The van der Waals surface area contributed by atoms with Gasteiger partial charge in [0, 0.05) is 24.3 Å². The second kappa shape index (κ2) is 8.35. The molecule has 2 heterocycles. The van der Waals surface area contributed by atoms with Gasteiger partial charge >= 0.3 is 0 Å². The van der Waals surface area contributed by atoms with Crippen LogP contribution in [0.25, 0.3) is 0 Å². The van der Waals surface area contributed by atoms with Crippen molar-refractivity contribution in [1.82, 2.24) is 0 Å². The van der Waals surface area contributed by atoms with Crippen molar-refractivity contribution in [2.24, 2.45) is 0 Å². The average Bonchev–Trinajstić information content (AvgIpc) is 3.39. The van der Waals surface area contributed by atoms with Gasteiger partial charge in [-0.25, -0.2) is 0 Å². The minimum absolute atomic E-state index is 0.0148. The van der Waals surface area contributed by atoms with Crippen LogP contribution < -0.4 is 10.2 Å². The number of nitrogens with zero attached hydrogens (tertiary/aromatic N) is 1. The van der Waals surface area contributed by atoms with Gasteiger partial charge in [0.05, 0.1) is 6.26 Å². The van der Waals surface area contributed by atoms with Gasteiger partial charge < -0.3 is 14.6 Å². The summed E-state index contributed by atoms with van der Waals surface area (Å²) in [4.78, 5) is 26.7. The Morgan fingerprint density at radius 1 is 1.10 bits per heavy atom. The van der Waals surface area contributed by atoms with Crippen LogP contribution in [0.5, 0.6) is 0 Å².